The third-order valence-corrected chi connectivity index (χ3v) is 3.79. The first-order valence-electron chi connectivity index (χ1n) is 4.32. The molecule has 0 aliphatic heterocycles. The van der Waals surface area contributed by atoms with Crippen molar-refractivity contribution < 1.29 is 0 Å². The number of aromatic nitrogens is 1. The molecule has 0 atom stereocenters. The quantitative estimate of drug-likeness (QED) is 0.852. The molecule has 2 rings (SSSR count). The van der Waals surface area contributed by atoms with E-state index in [-0.39, 0.29) is 0 Å². The smallest absolute Gasteiger partial charge is 0.180 e. The minimum Gasteiger partial charge on any atom is -0.375 e. The molecule has 0 amide bonds. The van der Waals surface area contributed by atoms with E-state index in [1.54, 1.807) is 11.8 Å². The Morgan fingerprint density at radius 2 is 2.07 bits per heavy atom. The number of nitrogens with two attached hydrogens (primary N) is 1. The van der Waals surface area contributed by atoms with E-state index >= 15 is 0 Å². The van der Waals surface area contributed by atoms with E-state index in [0.717, 1.165) is 16.5 Å². The summed E-state index contributed by atoms with van der Waals surface area (Å²) in [6.45, 7) is 0. The number of hydrogen-bond donors (Lipinski definition) is 1. The van der Waals surface area contributed by atoms with Crippen molar-refractivity contribution in [2.45, 2.75) is 10.6 Å². The third kappa shape index (κ3) is 3.12. The lowest BCUT2D eigenvalue weighted by atomic mass is 10.4. The molecule has 78 valence electrons. The highest BCUT2D eigenvalue weighted by atomic mass is 35.5. The van der Waals surface area contributed by atoms with Crippen LogP contribution >= 0.6 is 34.7 Å². The summed E-state index contributed by atoms with van der Waals surface area (Å²) < 4.78 is 0. The van der Waals surface area contributed by atoms with Gasteiger partial charge in [-0.25, -0.2) is 4.98 Å². The van der Waals surface area contributed by atoms with Crippen molar-refractivity contribution in [2.24, 2.45) is 0 Å². The predicted molar refractivity (Wildman–Crippen MR) is 67.5 cm³/mol. The van der Waals surface area contributed by atoms with Gasteiger partial charge in [0, 0.05) is 21.1 Å². The molecule has 0 saturated carbocycles. The van der Waals surface area contributed by atoms with Crippen LogP contribution in [0, 0.1) is 0 Å². The Hall–Kier alpha value is -0.710. The van der Waals surface area contributed by atoms with Crippen LogP contribution in [0.15, 0.2) is 34.5 Å². The van der Waals surface area contributed by atoms with Gasteiger partial charge in [-0.3, -0.25) is 0 Å². The second-order valence-electron chi connectivity index (χ2n) is 2.92. The average molecular weight is 257 g/mol. The summed E-state index contributed by atoms with van der Waals surface area (Å²) in [5.41, 5.74) is 6.57. The molecule has 1 aromatic heterocycles. The molecule has 0 radical (unpaired) electrons. The predicted octanol–water partition coefficient (Wildman–Crippen LogP) is 3.67. The first-order valence-corrected chi connectivity index (χ1v) is 6.56. The van der Waals surface area contributed by atoms with E-state index in [2.05, 4.69) is 4.98 Å². The molecule has 0 unspecified atom stereocenters. The topological polar surface area (TPSA) is 38.9 Å². The molecular weight excluding hydrogens is 248 g/mol. The van der Waals surface area contributed by atoms with Crippen molar-refractivity contribution in [2.75, 3.05) is 5.73 Å². The van der Waals surface area contributed by atoms with Crippen molar-refractivity contribution in [1.82, 2.24) is 4.98 Å². The van der Waals surface area contributed by atoms with Crippen molar-refractivity contribution in [1.29, 1.82) is 0 Å². The monoisotopic (exact) mass is 256 g/mol. The summed E-state index contributed by atoms with van der Waals surface area (Å²) in [4.78, 5) is 5.38. The molecule has 0 aliphatic rings. The van der Waals surface area contributed by atoms with Crippen molar-refractivity contribution in [3.63, 3.8) is 0 Å². The number of nitrogens with zero attached hydrogens (tertiary/aromatic N) is 1. The fourth-order valence-electron chi connectivity index (χ4n) is 1.08. The zero-order valence-electron chi connectivity index (χ0n) is 7.81. The van der Waals surface area contributed by atoms with E-state index in [1.165, 1.54) is 16.2 Å². The Balaban J connectivity index is 1.96. The van der Waals surface area contributed by atoms with Crippen LogP contribution in [0.4, 0.5) is 5.13 Å². The number of thiazole rings is 1. The summed E-state index contributed by atoms with van der Waals surface area (Å²) >= 11 is 9.00. The van der Waals surface area contributed by atoms with E-state index in [9.17, 15) is 0 Å². The summed E-state index contributed by atoms with van der Waals surface area (Å²) in [5.74, 6) is 0.843. The van der Waals surface area contributed by atoms with Gasteiger partial charge < -0.3 is 5.73 Å². The maximum atomic E-state index is 5.80. The molecule has 2 N–H and O–H groups in total. The van der Waals surface area contributed by atoms with Crippen LogP contribution in [0.2, 0.25) is 5.02 Å². The van der Waals surface area contributed by atoms with Gasteiger partial charge in [0.25, 0.3) is 0 Å². The zero-order chi connectivity index (χ0) is 10.7. The van der Waals surface area contributed by atoms with Crippen LogP contribution in [0.5, 0.6) is 0 Å². The molecule has 0 aliphatic carbocycles. The van der Waals surface area contributed by atoms with Gasteiger partial charge in [-0.05, 0) is 24.3 Å². The van der Waals surface area contributed by atoms with E-state index in [0.29, 0.717) is 5.13 Å². The molecule has 15 heavy (non-hydrogen) atoms. The minimum atomic E-state index is 0.627. The highest BCUT2D eigenvalue weighted by Gasteiger charge is 2.00. The lowest BCUT2D eigenvalue weighted by molar-refractivity contribution is 1.24. The molecule has 5 heteroatoms. The second kappa shape index (κ2) is 4.88. The zero-order valence-corrected chi connectivity index (χ0v) is 10.2. The number of nitrogen functional groups attached to an aromatic ring is 1. The standard InChI is InChI=1S/C10H9ClN2S2/c11-7-1-3-9(4-2-7)14-5-8-6-15-10(12)13-8/h1-4,6H,5H2,(H2,12,13). The third-order valence-electron chi connectivity index (χ3n) is 1.77. The summed E-state index contributed by atoms with van der Waals surface area (Å²) in [7, 11) is 0. The molecule has 0 spiro atoms. The van der Waals surface area contributed by atoms with Crippen LogP contribution in [0.1, 0.15) is 5.69 Å². The highest BCUT2D eigenvalue weighted by Crippen LogP contribution is 2.25. The van der Waals surface area contributed by atoms with E-state index in [1.807, 2.05) is 29.6 Å². The van der Waals surface area contributed by atoms with Crippen LogP contribution < -0.4 is 5.73 Å². The van der Waals surface area contributed by atoms with Gasteiger partial charge >= 0.3 is 0 Å². The highest BCUT2D eigenvalue weighted by molar-refractivity contribution is 7.98. The molecule has 2 nitrogen and oxygen atoms in total. The maximum Gasteiger partial charge on any atom is 0.180 e. The molecule has 1 heterocycles. The molecule has 1 aromatic carbocycles. The van der Waals surface area contributed by atoms with Crippen LogP contribution in [0.3, 0.4) is 0 Å². The average Bonchev–Trinajstić information content (AvgIpc) is 2.64. The maximum absolute atomic E-state index is 5.80. The van der Waals surface area contributed by atoms with Gasteiger partial charge in [-0.2, -0.15) is 0 Å². The Bertz CT molecular complexity index is 439. The lowest BCUT2D eigenvalue weighted by Crippen LogP contribution is -1.84. The van der Waals surface area contributed by atoms with Gasteiger partial charge in [0.2, 0.25) is 0 Å². The number of anilines is 1. The lowest BCUT2D eigenvalue weighted by Gasteiger charge is -1.98. The number of benzene rings is 1. The van der Waals surface area contributed by atoms with Crippen LogP contribution in [0.25, 0.3) is 0 Å². The van der Waals surface area contributed by atoms with E-state index in [4.69, 9.17) is 17.3 Å². The number of halogens is 1. The van der Waals surface area contributed by atoms with Crippen LogP contribution in [-0.4, -0.2) is 4.98 Å². The van der Waals surface area contributed by atoms with Gasteiger partial charge in [0.1, 0.15) is 0 Å². The van der Waals surface area contributed by atoms with Gasteiger partial charge in [0.15, 0.2) is 5.13 Å². The largest absolute Gasteiger partial charge is 0.375 e. The summed E-state index contributed by atoms with van der Waals surface area (Å²) in [5, 5.41) is 3.37. The van der Waals surface area contributed by atoms with Crippen molar-refractivity contribution in [3.8, 4) is 0 Å². The number of rotatable bonds is 3. The fourth-order valence-corrected chi connectivity index (χ4v) is 2.66. The SMILES string of the molecule is Nc1nc(CSc2ccc(Cl)cc2)cs1. The Morgan fingerprint density at radius 1 is 1.33 bits per heavy atom. The van der Waals surface area contributed by atoms with Crippen LogP contribution in [-0.2, 0) is 5.75 Å². The first kappa shape index (κ1) is 10.8. The Morgan fingerprint density at radius 3 is 2.67 bits per heavy atom. The van der Waals surface area contributed by atoms with Gasteiger partial charge in [-0.15, -0.1) is 23.1 Å². The van der Waals surface area contributed by atoms with Gasteiger partial charge in [-0.1, -0.05) is 11.6 Å². The molecule has 0 saturated heterocycles. The Labute approximate surface area is 101 Å². The second-order valence-corrected chi connectivity index (χ2v) is 5.29. The minimum absolute atomic E-state index is 0.627. The molecule has 0 fully saturated rings. The first-order chi connectivity index (χ1) is 7.24. The number of thioether (sulfide) groups is 1. The fraction of sp³-hybridized carbons (Fsp3) is 0.100. The summed E-state index contributed by atoms with van der Waals surface area (Å²) in [6.07, 6.45) is 0. The van der Waals surface area contributed by atoms with Crippen molar-refractivity contribution in [3.05, 3.63) is 40.4 Å². The van der Waals surface area contributed by atoms with Gasteiger partial charge in [0.05, 0.1) is 5.69 Å². The normalized spacial score (nSPS) is 10.5. The molecular formula is C10H9ClN2S2. The molecule has 2 aromatic rings. The Kier molecular flexibility index (Phi) is 3.51. The van der Waals surface area contributed by atoms with Crippen molar-refractivity contribution >= 4 is 39.8 Å². The summed E-state index contributed by atoms with van der Waals surface area (Å²) in [6, 6.07) is 7.78. The molecule has 0 bridgehead atoms. The van der Waals surface area contributed by atoms with E-state index < -0.39 is 0 Å². The number of hydrogen-bond acceptors (Lipinski definition) is 4.